The van der Waals surface area contributed by atoms with Gasteiger partial charge in [-0.05, 0) is 54.5 Å². The monoisotopic (exact) mass is 453 g/mol. The number of aliphatic hydroxyl groups is 1. The number of benzene rings is 1. The molecule has 3 heterocycles. The number of pyridine rings is 1. The van der Waals surface area contributed by atoms with Gasteiger partial charge < -0.3 is 25.6 Å². The van der Waals surface area contributed by atoms with E-state index in [1.54, 1.807) is 27.0 Å². The third-order valence-electron chi connectivity index (χ3n) is 7.19. The molecule has 33 heavy (non-hydrogen) atoms. The third-order valence-corrected chi connectivity index (χ3v) is 7.19. The largest absolute Gasteiger partial charge is 0.459 e. The Morgan fingerprint density at radius 1 is 1.45 bits per heavy atom. The fraction of sp³-hybridized carbons (Fsp3) is 0.440. The van der Waals surface area contributed by atoms with Crippen LogP contribution in [0.3, 0.4) is 0 Å². The summed E-state index contributed by atoms with van der Waals surface area (Å²) >= 11 is 0. The molecular formula is C25H28FN3O4. The van der Waals surface area contributed by atoms with Gasteiger partial charge >= 0.3 is 5.97 Å². The van der Waals surface area contributed by atoms with Crippen molar-refractivity contribution in [1.29, 1.82) is 0 Å². The van der Waals surface area contributed by atoms with Crippen LogP contribution in [0.4, 0.5) is 4.39 Å². The van der Waals surface area contributed by atoms with Crippen LogP contribution in [-0.4, -0.2) is 42.0 Å². The fourth-order valence-electron chi connectivity index (χ4n) is 5.34. The van der Waals surface area contributed by atoms with Crippen molar-refractivity contribution in [1.82, 2.24) is 10.3 Å². The number of esters is 1. The van der Waals surface area contributed by atoms with Gasteiger partial charge in [-0.25, -0.2) is 14.2 Å². The van der Waals surface area contributed by atoms with Crippen molar-refractivity contribution < 1.29 is 23.8 Å². The summed E-state index contributed by atoms with van der Waals surface area (Å²) in [6.45, 7) is 4.32. The molecule has 0 amide bonds. The summed E-state index contributed by atoms with van der Waals surface area (Å²) in [6, 6.07) is 1.31. The summed E-state index contributed by atoms with van der Waals surface area (Å²) in [6.07, 6.45) is 3.38. The normalized spacial score (nSPS) is 25.5. The highest BCUT2D eigenvalue weighted by Crippen LogP contribution is 2.43. The maximum atomic E-state index is 14.7. The molecule has 7 nitrogen and oxygen atoms in total. The van der Waals surface area contributed by atoms with Gasteiger partial charge in [0, 0.05) is 42.3 Å². The first-order valence-electron chi connectivity index (χ1n) is 11.3. The van der Waals surface area contributed by atoms with Crippen LogP contribution in [0.5, 0.6) is 0 Å². The second kappa shape index (κ2) is 7.90. The van der Waals surface area contributed by atoms with Crippen LogP contribution in [0.1, 0.15) is 53.8 Å². The van der Waals surface area contributed by atoms with Crippen LogP contribution in [0, 0.1) is 12.7 Å². The summed E-state index contributed by atoms with van der Waals surface area (Å²) in [7, 11) is 1.55. The van der Waals surface area contributed by atoms with Gasteiger partial charge in [0.15, 0.2) is 5.60 Å². The molecule has 0 radical (unpaired) electrons. The van der Waals surface area contributed by atoms with E-state index in [1.165, 1.54) is 6.07 Å². The number of ether oxygens (including phenoxy) is 2. The summed E-state index contributed by atoms with van der Waals surface area (Å²) in [4.78, 5) is 17.3. The maximum Gasteiger partial charge on any atom is 0.343 e. The van der Waals surface area contributed by atoms with Crippen molar-refractivity contribution >= 4 is 22.6 Å². The van der Waals surface area contributed by atoms with Crippen molar-refractivity contribution in [2.45, 2.75) is 51.3 Å². The van der Waals surface area contributed by atoms with Gasteiger partial charge in [0.05, 0.1) is 23.5 Å². The Bertz CT molecular complexity index is 1250. The Labute approximate surface area is 191 Å². The quantitative estimate of drug-likeness (QED) is 0.611. The molecule has 0 fully saturated rings. The lowest BCUT2D eigenvalue weighted by Crippen LogP contribution is -2.46. The Morgan fingerprint density at radius 3 is 2.97 bits per heavy atom. The van der Waals surface area contributed by atoms with Crippen LogP contribution in [0.15, 0.2) is 23.3 Å². The number of cyclic esters (lactones) is 1. The highest BCUT2D eigenvalue weighted by molar-refractivity contribution is 5.93. The van der Waals surface area contributed by atoms with E-state index in [2.05, 4.69) is 5.32 Å². The number of carbonyl (C=O) groups is 1. The van der Waals surface area contributed by atoms with E-state index >= 15 is 0 Å². The van der Waals surface area contributed by atoms with Crippen molar-refractivity contribution in [3.05, 3.63) is 57.1 Å². The van der Waals surface area contributed by atoms with Crippen molar-refractivity contribution in [2.24, 2.45) is 5.73 Å². The second-order valence-electron chi connectivity index (χ2n) is 9.01. The van der Waals surface area contributed by atoms with Gasteiger partial charge in [0.25, 0.3) is 0 Å². The summed E-state index contributed by atoms with van der Waals surface area (Å²) < 4.78 is 25.2. The Kier molecular flexibility index (Phi) is 5.27. The molecule has 5 rings (SSSR count). The van der Waals surface area contributed by atoms with Crippen molar-refractivity contribution in [3.8, 4) is 0 Å². The number of hydrogen-bond donors (Lipinski definition) is 3. The van der Waals surface area contributed by atoms with Gasteiger partial charge in [-0.1, -0.05) is 6.92 Å². The van der Waals surface area contributed by atoms with Gasteiger partial charge in [-0.15, -0.1) is 0 Å². The number of nitrogens with two attached hydrogens (primary N) is 1. The van der Waals surface area contributed by atoms with E-state index in [0.29, 0.717) is 40.2 Å². The number of nitrogens with one attached hydrogen (secondary N) is 1. The first-order valence-corrected chi connectivity index (χ1v) is 11.3. The molecule has 0 saturated heterocycles. The molecular weight excluding hydrogens is 425 g/mol. The first kappa shape index (κ1) is 22.0. The zero-order chi connectivity index (χ0) is 23.5. The Balaban J connectivity index is 1.74. The molecule has 4 N–H and O–H groups in total. The number of aryl methyl sites for hydroxylation is 1. The molecule has 0 bridgehead atoms. The lowest BCUT2D eigenvalue weighted by atomic mass is 9.82. The Hall–Kier alpha value is -2.81. The molecule has 174 valence electrons. The molecule has 2 aromatic rings. The molecule has 1 aliphatic carbocycles. The van der Waals surface area contributed by atoms with Crippen molar-refractivity contribution in [2.75, 3.05) is 20.3 Å². The average molecular weight is 454 g/mol. The number of aromatic nitrogens is 1. The number of halogens is 1. The van der Waals surface area contributed by atoms with Crippen LogP contribution >= 0.6 is 0 Å². The maximum absolute atomic E-state index is 14.7. The van der Waals surface area contributed by atoms with Crippen LogP contribution in [0.25, 0.3) is 16.6 Å². The predicted molar refractivity (Wildman–Crippen MR) is 122 cm³/mol. The molecule has 1 aromatic carbocycles. The van der Waals surface area contributed by atoms with Gasteiger partial charge in [0.1, 0.15) is 12.4 Å². The number of carbonyl (C=O) groups excluding carboxylic acids is 1. The number of fused-ring (bicyclic) bond motifs is 2. The molecule has 8 heteroatoms. The topological polar surface area (TPSA) is 107 Å². The number of rotatable bonds is 4. The smallest absolute Gasteiger partial charge is 0.343 e. The minimum Gasteiger partial charge on any atom is -0.459 e. The number of methoxy groups -OCH3 is 1. The van der Waals surface area contributed by atoms with Gasteiger partial charge in [-0.3, -0.25) is 0 Å². The zero-order valence-electron chi connectivity index (χ0n) is 19.0. The molecule has 2 unspecified atom stereocenters. The van der Waals surface area contributed by atoms with Gasteiger partial charge in [0.2, 0.25) is 0 Å². The third kappa shape index (κ3) is 3.19. The molecule has 3 aliphatic rings. The van der Waals surface area contributed by atoms with E-state index in [-0.39, 0.29) is 31.5 Å². The molecule has 2 atom stereocenters. The summed E-state index contributed by atoms with van der Waals surface area (Å²) in [5.41, 5.74) is 11.4. The molecule has 0 spiro atoms. The predicted octanol–water partition coefficient (Wildman–Crippen LogP) is 2.71. The lowest BCUT2D eigenvalue weighted by molar-refractivity contribution is -0.163. The van der Waals surface area contributed by atoms with Gasteiger partial charge in [-0.2, -0.15) is 0 Å². The fourth-order valence-corrected chi connectivity index (χ4v) is 5.34. The lowest BCUT2D eigenvalue weighted by Gasteiger charge is -2.33. The van der Waals surface area contributed by atoms with E-state index in [9.17, 15) is 14.3 Å². The Morgan fingerprint density at radius 2 is 2.24 bits per heavy atom. The van der Waals surface area contributed by atoms with E-state index in [0.717, 1.165) is 34.9 Å². The first-order chi connectivity index (χ1) is 15.8. The second-order valence-corrected chi connectivity index (χ2v) is 9.01. The minimum atomic E-state index is -1.78. The van der Waals surface area contributed by atoms with E-state index < -0.39 is 11.6 Å². The number of hydrogen-bond acceptors (Lipinski definition) is 7. The highest BCUT2D eigenvalue weighted by atomic mass is 19.1. The highest BCUT2D eigenvalue weighted by Gasteiger charge is 2.44. The van der Waals surface area contributed by atoms with Crippen LogP contribution < -0.4 is 11.1 Å². The van der Waals surface area contributed by atoms with Crippen LogP contribution in [0.2, 0.25) is 0 Å². The molecule has 1 aromatic heterocycles. The zero-order valence-corrected chi connectivity index (χ0v) is 19.0. The standard InChI is InChI=1S/C25H28FN3O4/c1-4-25(31)16(13(10-32-3)11-33-24(25)30)7-20-23-15(9-28-20)21-18(27)6-5-14-12(2)17(26)8-19(29-23)22(14)21/h7-8,18,28,31H,4-6,9-11,27H2,1-3H3/b20-7-. The molecule has 2 aliphatic heterocycles. The van der Waals surface area contributed by atoms with E-state index in [1.807, 2.05) is 0 Å². The number of nitrogens with zero attached hydrogens (tertiary/aromatic N) is 1. The van der Waals surface area contributed by atoms with Crippen molar-refractivity contribution in [3.63, 3.8) is 0 Å². The summed E-state index contributed by atoms with van der Waals surface area (Å²) in [5.74, 6) is -0.955. The van der Waals surface area contributed by atoms with Crippen LogP contribution in [-0.2, 0) is 27.2 Å². The summed E-state index contributed by atoms with van der Waals surface area (Å²) in [5, 5.41) is 15.5. The SMILES string of the molecule is CCC1(O)C(=O)OCC(COC)=C1/C=C1\NCc2c1nc1cc(F)c(C)c3c1c2C(N)CC3. The average Bonchev–Trinajstić information content (AvgIpc) is 3.20. The molecule has 0 saturated carbocycles. The minimum absolute atomic E-state index is 0.0517. The van der Waals surface area contributed by atoms with E-state index in [4.69, 9.17) is 20.2 Å².